The summed E-state index contributed by atoms with van der Waals surface area (Å²) in [5, 5.41) is 3.35. The Labute approximate surface area is 154 Å². The Morgan fingerprint density at radius 1 is 1.27 bits per heavy atom. The number of esters is 1. The average Bonchev–Trinajstić information content (AvgIpc) is 2.68. The van der Waals surface area contributed by atoms with Crippen LogP contribution in [0.4, 0.5) is 5.82 Å². The van der Waals surface area contributed by atoms with Crippen molar-refractivity contribution in [3.8, 4) is 0 Å². The van der Waals surface area contributed by atoms with Gasteiger partial charge in [0.05, 0.1) is 24.4 Å². The molecule has 0 bridgehead atoms. The largest absolute Gasteiger partial charge is 0.462 e. The molecule has 0 radical (unpaired) electrons. The summed E-state index contributed by atoms with van der Waals surface area (Å²) in [4.78, 5) is 16.4. The number of carbonyl (C=O) groups is 1. The van der Waals surface area contributed by atoms with E-state index in [0.29, 0.717) is 24.5 Å². The first-order valence-electron chi connectivity index (χ1n) is 9.26. The van der Waals surface area contributed by atoms with Gasteiger partial charge in [0, 0.05) is 18.3 Å². The van der Waals surface area contributed by atoms with Crippen molar-refractivity contribution in [3.05, 3.63) is 59.3 Å². The van der Waals surface area contributed by atoms with Crippen molar-refractivity contribution in [2.24, 2.45) is 0 Å². The Morgan fingerprint density at radius 2 is 2.08 bits per heavy atom. The van der Waals surface area contributed by atoms with Gasteiger partial charge in [-0.2, -0.15) is 0 Å². The number of nitrogens with one attached hydrogen (secondary N) is 1. The van der Waals surface area contributed by atoms with Crippen LogP contribution in [0.2, 0.25) is 0 Å². The Balaban J connectivity index is 1.62. The van der Waals surface area contributed by atoms with Crippen LogP contribution in [0.1, 0.15) is 53.8 Å². The van der Waals surface area contributed by atoms with Crippen molar-refractivity contribution in [2.45, 2.75) is 45.3 Å². The molecule has 0 unspecified atom stereocenters. The summed E-state index contributed by atoms with van der Waals surface area (Å²) in [6.07, 6.45) is 5.12. The molecule has 138 valence electrons. The lowest BCUT2D eigenvalue weighted by Crippen LogP contribution is -2.29. The number of carbonyl (C=O) groups excluding carboxylic acids is 1. The first-order valence-corrected chi connectivity index (χ1v) is 9.26. The first kappa shape index (κ1) is 18.4. The van der Waals surface area contributed by atoms with Gasteiger partial charge in [0.25, 0.3) is 0 Å². The van der Waals surface area contributed by atoms with Gasteiger partial charge in [-0.25, -0.2) is 9.78 Å². The molecular formula is C21H26N2O3. The Bertz CT molecular complexity index is 733. The van der Waals surface area contributed by atoms with Crippen LogP contribution in [0.25, 0.3) is 0 Å². The number of ether oxygens (including phenoxy) is 2. The number of benzene rings is 1. The van der Waals surface area contributed by atoms with E-state index in [1.165, 1.54) is 5.56 Å². The molecule has 1 saturated heterocycles. The fourth-order valence-electron chi connectivity index (χ4n) is 3.32. The summed E-state index contributed by atoms with van der Waals surface area (Å²) < 4.78 is 11.4. The smallest absolute Gasteiger partial charge is 0.338 e. The van der Waals surface area contributed by atoms with Crippen molar-refractivity contribution in [3.63, 3.8) is 0 Å². The lowest BCUT2D eigenvalue weighted by molar-refractivity contribution is -0.0442. The topological polar surface area (TPSA) is 60.5 Å². The van der Waals surface area contributed by atoms with Crippen LogP contribution in [-0.4, -0.2) is 30.2 Å². The molecule has 0 spiro atoms. The van der Waals surface area contributed by atoms with Gasteiger partial charge in [-0.1, -0.05) is 30.3 Å². The lowest BCUT2D eigenvalue weighted by atomic mass is 9.98. The van der Waals surface area contributed by atoms with E-state index in [0.717, 1.165) is 24.8 Å². The molecule has 2 atom stereocenters. The maximum Gasteiger partial charge on any atom is 0.338 e. The highest BCUT2D eigenvalue weighted by atomic mass is 16.5. The molecule has 0 amide bonds. The summed E-state index contributed by atoms with van der Waals surface area (Å²) in [7, 11) is 0. The van der Waals surface area contributed by atoms with Crippen molar-refractivity contribution < 1.29 is 14.3 Å². The van der Waals surface area contributed by atoms with Gasteiger partial charge in [-0.3, -0.25) is 0 Å². The van der Waals surface area contributed by atoms with E-state index < -0.39 is 0 Å². The normalized spacial score (nSPS) is 19.8. The number of hydrogen-bond acceptors (Lipinski definition) is 5. The van der Waals surface area contributed by atoms with E-state index in [1.807, 2.05) is 13.0 Å². The number of anilines is 1. The molecule has 2 heterocycles. The molecular weight excluding hydrogens is 328 g/mol. The minimum absolute atomic E-state index is 0.126. The van der Waals surface area contributed by atoms with E-state index in [9.17, 15) is 4.79 Å². The molecule has 5 heteroatoms. The third-order valence-electron chi connectivity index (χ3n) is 4.72. The van der Waals surface area contributed by atoms with Gasteiger partial charge in [0.2, 0.25) is 0 Å². The molecule has 1 N–H and O–H groups in total. The standard InChI is InChI=1S/C21H26N2O3/c1-3-25-21(24)18-12-13-22-20(15(18)2)23-14-17-10-7-11-19(26-17)16-8-5-4-6-9-16/h4-6,8-9,12-13,17,19H,3,7,10-11,14H2,1-2H3,(H,22,23)/t17-,19+/m1/s1. The maximum atomic E-state index is 12.0. The average molecular weight is 354 g/mol. The predicted molar refractivity (Wildman–Crippen MR) is 101 cm³/mol. The Hall–Kier alpha value is -2.40. The molecule has 0 aliphatic carbocycles. The summed E-state index contributed by atoms with van der Waals surface area (Å²) in [5.74, 6) is 0.398. The van der Waals surface area contributed by atoms with Crippen LogP contribution in [0.15, 0.2) is 42.6 Å². The summed E-state index contributed by atoms with van der Waals surface area (Å²) >= 11 is 0. The van der Waals surface area contributed by atoms with E-state index in [-0.39, 0.29) is 18.2 Å². The quantitative estimate of drug-likeness (QED) is 0.784. The molecule has 5 nitrogen and oxygen atoms in total. The highest BCUT2D eigenvalue weighted by Gasteiger charge is 2.24. The van der Waals surface area contributed by atoms with E-state index in [2.05, 4.69) is 34.6 Å². The van der Waals surface area contributed by atoms with Crippen LogP contribution in [0.5, 0.6) is 0 Å². The van der Waals surface area contributed by atoms with Crippen molar-refractivity contribution in [2.75, 3.05) is 18.5 Å². The highest BCUT2D eigenvalue weighted by Crippen LogP contribution is 2.31. The van der Waals surface area contributed by atoms with Crippen molar-refractivity contribution in [1.82, 2.24) is 4.98 Å². The molecule has 1 aromatic carbocycles. The molecule has 0 saturated carbocycles. The number of pyridine rings is 1. The second-order valence-electron chi connectivity index (χ2n) is 6.52. The zero-order valence-corrected chi connectivity index (χ0v) is 15.4. The van der Waals surface area contributed by atoms with E-state index >= 15 is 0 Å². The zero-order valence-electron chi connectivity index (χ0n) is 15.4. The molecule has 1 aliphatic heterocycles. The van der Waals surface area contributed by atoms with E-state index in [4.69, 9.17) is 9.47 Å². The third-order valence-corrected chi connectivity index (χ3v) is 4.72. The monoisotopic (exact) mass is 354 g/mol. The minimum Gasteiger partial charge on any atom is -0.462 e. The van der Waals surface area contributed by atoms with Crippen LogP contribution in [0, 0.1) is 6.92 Å². The van der Waals surface area contributed by atoms with Crippen LogP contribution in [0.3, 0.4) is 0 Å². The summed E-state index contributed by atoms with van der Waals surface area (Å²) in [6.45, 7) is 4.72. The van der Waals surface area contributed by atoms with Crippen molar-refractivity contribution in [1.29, 1.82) is 0 Å². The molecule has 1 aromatic heterocycles. The summed E-state index contributed by atoms with van der Waals surface area (Å²) in [5.41, 5.74) is 2.59. The fraction of sp³-hybridized carbons (Fsp3) is 0.429. The Morgan fingerprint density at radius 3 is 2.85 bits per heavy atom. The van der Waals surface area contributed by atoms with Gasteiger partial charge in [0.1, 0.15) is 5.82 Å². The molecule has 26 heavy (non-hydrogen) atoms. The fourth-order valence-corrected chi connectivity index (χ4v) is 3.32. The van der Waals surface area contributed by atoms with E-state index in [1.54, 1.807) is 19.2 Å². The van der Waals surface area contributed by atoms with Crippen molar-refractivity contribution >= 4 is 11.8 Å². The third kappa shape index (κ3) is 4.41. The van der Waals surface area contributed by atoms with Gasteiger partial charge in [0.15, 0.2) is 0 Å². The second-order valence-corrected chi connectivity index (χ2v) is 6.52. The molecule has 1 fully saturated rings. The number of nitrogens with zero attached hydrogens (tertiary/aromatic N) is 1. The Kier molecular flexibility index (Phi) is 6.23. The van der Waals surface area contributed by atoms with Crippen LogP contribution in [-0.2, 0) is 9.47 Å². The summed E-state index contributed by atoms with van der Waals surface area (Å²) in [6, 6.07) is 12.1. The highest BCUT2D eigenvalue weighted by molar-refractivity contribution is 5.92. The lowest BCUT2D eigenvalue weighted by Gasteiger charge is -2.30. The maximum absolute atomic E-state index is 12.0. The van der Waals surface area contributed by atoms with Gasteiger partial charge in [-0.15, -0.1) is 0 Å². The number of aromatic nitrogens is 1. The number of rotatable bonds is 6. The first-order chi connectivity index (χ1) is 12.7. The zero-order chi connectivity index (χ0) is 18.4. The second kappa shape index (κ2) is 8.81. The molecule has 1 aliphatic rings. The SMILES string of the molecule is CCOC(=O)c1ccnc(NC[C@H]2CCC[C@@H](c3ccccc3)O2)c1C. The van der Waals surface area contributed by atoms with Gasteiger partial charge in [-0.05, 0) is 44.7 Å². The molecule has 2 aromatic rings. The van der Waals surface area contributed by atoms with Gasteiger partial charge >= 0.3 is 5.97 Å². The van der Waals surface area contributed by atoms with Gasteiger partial charge < -0.3 is 14.8 Å². The minimum atomic E-state index is -0.312. The van der Waals surface area contributed by atoms with Crippen LogP contribution < -0.4 is 5.32 Å². The number of hydrogen-bond donors (Lipinski definition) is 1. The predicted octanol–water partition coefficient (Wildman–Crippen LogP) is 4.29. The van der Waals surface area contributed by atoms with Crippen LogP contribution >= 0.6 is 0 Å². The molecule has 3 rings (SSSR count).